The van der Waals surface area contributed by atoms with Crippen molar-refractivity contribution in [2.45, 2.75) is 38.4 Å². The molecule has 1 amide bonds. The maximum Gasteiger partial charge on any atom is 0.253 e. The van der Waals surface area contributed by atoms with Crippen LogP contribution in [0.25, 0.3) is 0 Å². The molecule has 3 rings (SSSR count). The Morgan fingerprint density at radius 2 is 2.00 bits per heavy atom. The molecule has 1 fully saturated rings. The number of piperidine rings is 1. The zero-order valence-corrected chi connectivity index (χ0v) is 16.1. The summed E-state index contributed by atoms with van der Waals surface area (Å²) in [5, 5.41) is 20.7. The van der Waals surface area contributed by atoms with Gasteiger partial charge in [-0.15, -0.1) is 0 Å². The van der Waals surface area contributed by atoms with Gasteiger partial charge in [-0.05, 0) is 55.2 Å². The highest BCUT2D eigenvalue weighted by Crippen LogP contribution is 2.33. The van der Waals surface area contributed by atoms with Gasteiger partial charge in [0.15, 0.2) is 0 Å². The molecule has 0 saturated carbocycles. The first-order valence-electron chi connectivity index (χ1n) is 9.50. The number of ether oxygens (including phenoxy) is 1. The van der Waals surface area contributed by atoms with E-state index in [0.29, 0.717) is 30.7 Å². The Morgan fingerprint density at radius 1 is 1.29 bits per heavy atom. The number of rotatable bonds is 5. The summed E-state index contributed by atoms with van der Waals surface area (Å²) in [6.07, 6.45) is 0.218. The minimum Gasteiger partial charge on any atom is -0.508 e. The normalized spacial score (nSPS) is 22.3. The lowest BCUT2D eigenvalue weighted by atomic mass is 9.81. The number of aromatic hydroxyl groups is 1. The number of carbonyl (C=O) groups excluding carboxylic acids is 1. The molecule has 0 spiro atoms. The topological polar surface area (TPSA) is 70.0 Å². The number of halogens is 1. The second-order valence-electron chi connectivity index (χ2n) is 7.81. The highest BCUT2D eigenvalue weighted by Gasteiger charge is 2.44. The van der Waals surface area contributed by atoms with E-state index in [4.69, 9.17) is 4.74 Å². The van der Waals surface area contributed by atoms with Crippen LogP contribution < -0.4 is 4.74 Å². The Labute approximate surface area is 164 Å². The molecule has 1 heterocycles. The Morgan fingerprint density at radius 3 is 2.64 bits per heavy atom. The second kappa shape index (κ2) is 8.19. The molecule has 0 aliphatic carbocycles. The van der Waals surface area contributed by atoms with Crippen molar-refractivity contribution in [1.29, 1.82) is 0 Å². The van der Waals surface area contributed by atoms with Crippen molar-refractivity contribution >= 4 is 5.91 Å². The molecule has 1 aliphatic heterocycles. The van der Waals surface area contributed by atoms with Crippen molar-refractivity contribution in [3.63, 3.8) is 0 Å². The van der Waals surface area contributed by atoms with Crippen LogP contribution in [0.2, 0.25) is 0 Å². The first-order chi connectivity index (χ1) is 13.3. The van der Waals surface area contributed by atoms with Crippen molar-refractivity contribution in [3.8, 4) is 11.5 Å². The Bertz CT molecular complexity index is 824. The van der Waals surface area contributed by atoms with Crippen LogP contribution in [0.4, 0.5) is 4.39 Å². The van der Waals surface area contributed by atoms with Crippen molar-refractivity contribution in [2.24, 2.45) is 5.92 Å². The fraction of sp³-hybridized carbons (Fsp3) is 0.409. The van der Waals surface area contributed by atoms with E-state index in [9.17, 15) is 19.4 Å². The minimum atomic E-state index is -1.10. The maximum atomic E-state index is 13.6. The summed E-state index contributed by atoms with van der Waals surface area (Å²) < 4.78 is 19.5. The zero-order valence-electron chi connectivity index (χ0n) is 16.1. The Hall–Kier alpha value is -2.60. The van der Waals surface area contributed by atoms with Crippen LogP contribution in [0.5, 0.6) is 11.5 Å². The van der Waals surface area contributed by atoms with E-state index in [0.717, 1.165) is 0 Å². The summed E-state index contributed by atoms with van der Waals surface area (Å²) in [4.78, 5) is 14.5. The summed E-state index contributed by atoms with van der Waals surface area (Å²) in [7, 11) is 0. The number of phenolic OH excluding ortho intramolecular Hbond substituents is 1. The molecular formula is C22H26FNO4. The monoisotopic (exact) mass is 387 g/mol. The number of amides is 1. The zero-order chi connectivity index (χ0) is 20.3. The lowest BCUT2D eigenvalue weighted by Gasteiger charge is -2.45. The summed E-state index contributed by atoms with van der Waals surface area (Å²) in [5.41, 5.74) is -0.650. The van der Waals surface area contributed by atoms with Crippen LogP contribution in [0, 0.1) is 11.7 Å². The fourth-order valence-corrected chi connectivity index (χ4v) is 3.71. The first kappa shape index (κ1) is 20.1. The predicted octanol–water partition coefficient (Wildman–Crippen LogP) is 3.60. The van der Waals surface area contributed by atoms with E-state index < -0.39 is 17.5 Å². The Kier molecular flexibility index (Phi) is 5.89. The van der Waals surface area contributed by atoms with Gasteiger partial charge in [0.1, 0.15) is 29.0 Å². The third-order valence-corrected chi connectivity index (χ3v) is 5.04. The van der Waals surface area contributed by atoms with E-state index in [1.54, 1.807) is 29.2 Å². The summed E-state index contributed by atoms with van der Waals surface area (Å²) >= 11 is 0. The molecule has 0 unspecified atom stereocenters. The van der Waals surface area contributed by atoms with Gasteiger partial charge in [0.25, 0.3) is 5.91 Å². The Balaban J connectivity index is 1.82. The molecule has 150 valence electrons. The number of aliphatic hydroxyl groups is 1. The molecule has 2 N–H and O–H groups in total. The summed E-state index contributed by atoms with van der Waals surface area (Å²) in [5.74, 6) is 0.0417. The van der Waals surface area contributed by atoms with Crippen LogP contribution in [0.15, 0.2) is 48.5 Å². The number of nitrogens with zero attached hydrogens (tertiary/aromatic N) is 1. The number of phenols is 1. The van der Waals surface area contributed by atoms with Crippen molar-refractivity contribution in [2.75, 3.05) is 13.1 Å². The third kappa shape index (κ3) is 4.62. The molecular weight excluding hydrogens is 361 g/mol. The van der Waals surface area contributed by atoms with Gasteiger partial charge < -0.3 is 19.8 Å². The van der Waals surface area contributed by atoms with E-state index >= 15 is 0 Å². The van der Waals surface area contributed by atoms with Gasteiger partial charge in [-0.1, -0.05) is 19.9 Å². The fourth-order valence-electron chi connectivity index (χ4n) is 3.71. The van der Waals surface area contributed by atoms with Crippen molar-refractivity contribution < 1.29 is 24.1 Å². The molecule has 28 heavy (non-hydrogen) atoms. The number of hydrogen-bond acceptors (Lipinski definition) is 4. The lowest BCUT2D eigenvalue weighted by molar-refractivity contribution is -0.111. The van der Waals surface area contributed by atoms with E-state index in [1.165, 1.54) is 24.3 Å². The second-order valence-corrected chi connectivity index (χ2v) is 7.81. The molecule has 2 aromatic rings. The highest BCUT2D eigenvalue weighted by atomic mass is 19.1. The lowest BCUT2D eigenvalue weighted by Crippen LogP contribution is -2.59. The van der Waals surface area contributed by atoms with Crippen LogP contribution in [0.1, 0.15) is 37.0 Å². The van der Waals surface area contributed by atoms with Crippen LogP contribution in [-0.4, -0.2) is 45.8 Å². The smallest absolute Gasteiger partial charge is 0.253 e. The van der Waals surface area contributed by atoms with Crippen LogP contribution in [0.3, 0.4) is 0 Å². The average molecular weight is 387 g/mol. The van der Waals surface area contributed by atoms with Gasteiger partial charge in [-0.3, -0.25) is 4.79 Å². The number of benzene rings is 2. The SMILES string of the molecule is CC(C)C[C@]1(O)CCN(C(=O)c2ccc(O)cc2)C[C@@H]1Oc1cccc(F)c1. The van der Waals surface area contributed by atoms with Gasteiger partial charge in [0.05, 0.1) is 6.54 Å². The van der Waals surface area contributed by atoms with Gasteiger partial charge in [0, 0.05) is 18.2 Å². The molecule has 2 aromatic carbocycles. The molecule has 6 heteroatoms. The molecule has 0 radical (unpaired) electrons. The molecule has 5 nitrogen and oxygen atoms in total. The van der Waals surface area contributed by atoms with E-state index in [2.05, 4.69) is 0 Å². The molecule has 1 saturated heterocycles. The summed E-state index contributed by atoms with van der Waals surface area (Å²) in [6, 6.07) is 11.9. The third-order valence-electron chi connectivity index (χ3n) is 5.04. The molecule has 1 aliphatic rings. The largest absolute Gasteiger partial charge is 0.508 e. The van der Waals surface area contributed by atoms with Crippen LogP contribution in [-0.2, 0) is 0 Å². The van der Waals surface area contributed by atoms with E-state index in [1.807, 2.05) is 13.8 Å². The molecule has 0 aromatic heterocycles. The number of hydrogen-bond donors (Lipinski definition) is 2. The molecule has 0 bridgehead atoms. The highest BCUT2D eigenvalue weighted by molar-refractivity contribution is 5.94. The molecule has 2 atom stereocenters. The first-order valence-corrected chi connectivity index (χ1v) is 9.50. The van der Waals surface area contributed by atoms with Gasteiger partial charge >= 0.3 is 0 Å². The number of carbonyl (C=O) groups is 1. The minimum absolute atomic E-state index is 0.0915. The van der Waals surface area contributed by atoms with Crippen molar-refractivity contribution in [1.82, 2.24) is 4.90 Å². The number of likely N-dealkylation sites (tertiary alicyclic amines) is 1. The predicted molar refractivity (Wildman–Crippen MR) is 104 cm³/mol. The van der Waals surface area contributed by atoms with Gasteiger partial charge in [0.2, 0.25) is 0 Å². The van der Waals surface area contributed by atoms with Crippen LogP contribution >= 0.6 is 0 Å². The standard InChI is InChI=1S/C22H26FNO4/c1-15(2)13-22(27)10-11-24(21(26)16-6-8-18(25)9-7-16)14-20(22)28-19-5-3-4-17(23)12-19/h3-9,12,15,20,25,27H,10-11,13-14H2,1-2H3/t20-,22+/m0/s1. The van der Waals surface area contributed by atoms with Gasteiger partial charge in [-0.25, -0.2) is 4.39 Å². The van der Waals surface area contributed by atoms with Gasteiger partial charge in [-0.2, -0.15) is 0 Å². The quantitative estimate of drug-likeness (QED) is 0.822. The van der Waals surface area contributed by atoms with Crippen molar-refractivity contribution in [3.05, 3.63) is 59.9 Å². The summed E-state index contributed by atoms with van der Waals surface area (Å²) in [6.45, 7) is 4.63. The maximum absolute atomic E-state index is 13.6. The average Bonchev–Trinajstić information content (AvgIpc) is 2.63. The van der Waals surface area contributed by atoms with E-state index in [-0.39, 0.29) is 24.1 Å².